The Kier molecular flexibility index (Phi) is 5.30. The maximum Gasteiger partial charge on any atom is 0.530 e. The van der Waals surface area contributed by atoms with Gasteiger partial charge in [-0.2, -0.15) is 0 Å². The van der Waals surface area contributed by atoms with E-state index in [-0.39, 0.29) is 16.2 Å². The molecule has 1 aliphatic heterocycles. The smallest absolute Gasteiger partial charge is 0.408 e. The molecule has 3 nitrogen and oxygen atoms in total. The van der Waals surface area contributed by atoms with Crippen molar-refractivity contribution in [3.05, 3.63) is 87.5 Å². The van der Waals surface area contributed by atoms with E-state index in [1.54, 1.807) is 0 Å². The van der Waals surface area contributed by atoms with Crippen LogP contribution in [0.15, 0.2) is 48.5 Å². The van der Waals surface area contributed by atoms with E-state index in [1.807, 2.05) is 0 Å². The lowest BCUT2D eigenvalue weighted by atomic mass is 9.76. The van der Waals surface area contributed by atoms with Gasteiger partial charge in [0.05, 0.1) is 0 Å². The van der Waals surface area contributed by atoms with Crippen molar-refractivity contribution in [1.82, 2.24) is 0 Å². The van der Waals surface area contributed by atoms with Gasteiger partial charge in [0.15, 0.2) is 0 Å². The van der Waals surface area contributed by atoms with Gasteiger partial charge in [-0.15, -0.1) is 0 Å². The Hall–Kier alpha value is -2.51. The van der Waals surface area contributed by atoms with Crippen LogP contribution in [0.2, 0.25) is 0 Å². The van der Waals surface area contributed by atoms with Gasteiger partial charge in [0.1, 0.15) is 17.2 Å². The zero-order valence-corrected chi connectivity index (χ0v) is 23.5. The molecule has 0 radical (unpaired) electrons. The zero-order valence-electron chi connectivity index (χ0n) is 22.6. The first-order chi connectivity index (χ1) is 17.0. The molecule has 0 amide bonds. The standard InChI is InChI=1S/C32H37O3P/c1-20-18-23(30(2,3)4)29(24(19-20)31(5,6)7)35-36-33-25-12-8-10-21-14-16-32(27(21)25)17-15-22-11-9-13-26(34-36)28(22)32/h8-13,18-19H,14-17H2,1-7H3. The third-order valence-electron chi connectivity index (χ3n) is 8.19. The summed E-state index contributed by atoms with van der Waals surface area (Å²) in [6, 6.07) is 17.5. The minimum atomic E-state index is -1.71. The van der Waals surface area contributed by atoms with Crippen LogP contribution in [-0.4, -0.2) is 0 Å². The molecule has 0 saturated carbocycles. The van der Waals surface area contributed by atoms with Gasteiger partial charge in [-0.3, -0.25) is 0 Å². The van der Waals surface area contributed by atoms with Crippen molar-refractivity contribution in [3.63, 3.8) is 0 Å². The Morgan fingerprint density at radius 2 is 1.22 bits per heavy atom. The van der Waals surface area contributed by atoms with E-state index in [4.69, 9.17) is 13.6 Å². The van der Waals surface area contributed by atoms with E-state index in [1.165, 1.54) is 38.9 Å². The average Bonchev–Trinajstić information content (AvgIpc) is 3.35. The van der Waals surface area contributed by atoms with Crippen molar-refractivity contribution < 1.29 is 13.6 Å². The van der Waals surface area contributed by atoms with Crippen LogP contribution in [0.25, 0.3) is 0 Å². The van der Waals surface area contributed by atoms with Crippen molar-refractivity contribution in [3.8, 4) is 17.2 Å². The minimum Gasteiger partial charge on any atom is -0.408 e. The largest absolute Gasteiger partial charge is 0.530 e. The Morgan fingerprint density at radius 3 is 1.67 bits per heavy atom. The highest BCUT2D eigenvalue weighted by atomic mass is 31.2. The van der Waals surface area contributed by atoms with Gasteiger partial charge in [0.2, 0.25) is 0 Å². The lowest BCUT2D eigenvalue weighted by Gasteiger charge is -2.35. The molecule has 0 atom stereocenters. The molecule has 3 aliphatic rings. The third kappa shape index (κ3) is 3.66. The average molecular weight is 501 g/mol. The number of hydrogen-bond acceptors (Lipinski definition) is 3. The SMILES string of the molecule is Cc1cc(C(C)(C)C)c(OP2Oc3cccc4c3C3(CC4)CCc4cccc(c43)O2)c(C(C)(C)C)c1. The minimum absolute atomic E-state index is 0.00369. The molecule has 3 aromatic rings. The molecular formula is C32H37O3P. The number of benzene rings is 3. The first-order valence-corrected chi connectivity index (χ1v) is 14.3. The van der Waals surface area contributed by atoms with Crippen molar-refractivity contribution >= 4 is 8.60 Å². The predicted molar refractivity (Wildman–Crippen MR) is 148 cm³/mol. The van der Waals surface area contributed by atoms with Crippen molar-refractivity contribution in [1.29, 1.82) is 0 Å². The molecule has 0 saturated heterocycles. The van der Waals surface area contributed by atoms with E-state index in [9.17, 15) is 0 Å². The summed E-state index contributed by atoms with van der Waals surface area (Å²) in [5.41, 5.74) is 9.00. The maximum atomic E-state index is 6.88. The highest BCUT2D eigenvalue weighted by Crippen LogP contribution is 2.62. The fourth-order valence-corrected chi connectivity index (χ4v) is 7.61. The lowest BCUT2D eigenvalue weighted by molar-refractivity contribution is 0.356. The normalized spacial score (nSPS) is 18.0. The predicted octanol–water partition coefficient (Wildman–Crippen LogP) is 8.85. The first-order valence-electron chi connectivity index (χ1n) is 13.2. The molecular weight excluding hydrogens is 463 g/mol. The summed E-state index contributed by atoms with van der Waals surface area (Å²) >= 11 is 0. The zero-order chi connectivity index (χ0) is 25.5. The molecule has 4 heteroatoms. The fourth-order valence-electron chi connectivity index (χ4n) is 6.53. The van der Waals surface area contributed by atoms with Gasteiger partial charge in [-0.1, -0.05) is 83.5 Å². The van der Waals surface area contributed by atoms with E-state index in [0.717, 1.165) is 42.9 Å². The molecule has 0 bridgehead atoms. The summed E-state index contributed by atoms with van der Waals surface area (Å²) in [4.78, 5) is 0. The fraction of sp³-hybridized carbons (Fsp3) is 0.438. The topological polar surface area (TPSA) is 27.7 Å². The lowest BCUT2D eigenvalue weighted by Crippen LogP contribution is -2.25. The van der Waals surface area contributed by atoms with Crippen LogP contribution in [-0.2, 0) is 29.1 Å². The van der Waals surface area contributed by atoms with Crippen molar-refractivity contribution in [2.24, 2.45) is 0 Å². The van der Waals surface area contributed by atoms with E-state index in [0.29, 0.717) is 0 Å². The molecule has 188 valence electrons. The van der Waals surface area contributed by atoms with Gasteiger partial charge in [0.25, 0.3) is 0 Å². The van der Waals surface area contributed by atoms with Crippen LogP contribution < -0.4 is 13.6 Å². The summed E-state index contributed by atoms with van der Waals surface area (Å²) in [6.07, 6.45) is 4.41. The van der Waals surface area contributed by atoms with Crippen molar-refractivity contribution in [2.45, 2.75) is 90.4 Å². The van der Waals surface area contributed by atoms with Gasteiger partial charge < -0.3 is 13.6 Å². The molecule has 1 heterocycles. The van der Waals surface area contributed by atoms with Crippen LogP contribution >= 0.6 is 8.60 Å². The van der Waals surface area contributed by atoms with E-state index >= 15 is 0 Å². The second kappa shape index (κ2) is 7.99. The third-order valence-corrected chi connectivity index (χ3v) is 9.21. The van der Waals surface area contributed by atoms with Crippen LogP contribution in [0.5, 0.6) is 17.2 Å². The summed E-state index contributed by atoms with van der Waals surface area (Å²) < 4.78 is 20.3. The highest BCUT2D eigenvalue weighted by Gasteiger charge is 2.50. The first kappa shape index (κ1) is 23.9. The van der Waals surface area contributed by atoms with Crippen LogP contribution in [0, 0.1) is 6.92 Å². The Bertz CT molecular complexity index is 1260. The molecule has 2 aliphatic carbocycles. The molecule has 36 heavy (non-hydrogen) atoms. The number of hydrogen-bond donors (Lipinski definition) is 0. The molecule has 0 N–H and O–H groups in total. The van der Waals surface area contributed by atoms with Crippen LogP contribution in [0.3, 0.4) is 0 Å². The summed E-state index contributed by atoms with van der Waals surface area (Å²) in [5.74, 6) is 2.76. The molecule has 6 rings (SSSR count). The Balaban J connectivity index is 1.52. The maximum absolute atomic E-state index is 6.88. The Morgan fingerprint density at radius 1 is 0.750 bits per heavy atom. The molecule has 3 aromatic carbocycles. The number of aryl methyl sites for hydroxylation is 3. The summed E-state index contributed by atoms with van der Waals surface area (Å²) in [7, 11) is -1.71. The molecule has 0 aromatic heterocycles. The molecule has 0 fully saturated rings. The quantitative estimate of drug-likeness (QED) is 0.329. The van der Waals surface area contributed by atoms with Crippen molar-refractivity contribution in [2.75, 3.05) is 0 Å². The van der Waals surface area contributed by atoms with Gasteiger partial charge >= 0.3 is 8.60 Å². The molecule has 1 spiro atoms. The Labute approximate surface area is 217 Å². The summed E-state index contributed by atoms with van der Waals surface area (Å²) in [6.45, 7) is 15.6. The van der Waals surface area contributed by atoms with Gasteiger partial charge in [-0.05, 0) is 66.7 Å². The second-order valence-corrected chi connectivity index (χ2v) is 13.8. The van der Waals surface area contributed by atoms with Gasteiger partial charge in [-0.25, -0.2) is 0 Å². The van der Waals surface area contributed by atoms with Crippen LogP contribution in [0.4, 0.5) is 0 Å². The summed E-state index contributed by atoms with van der Waals surface area (Å²) in [5, 5.41) is 0. The van der Waals surface area contributed by atoms with E-state index in [2.05, 4.69) is 97.0 Å². The molecule has 0 unspecified atom stereocenters. The second-order valence-electron chi connectivity index (χ2n) is 12.8. The van der Waals surface area contributed by atoms with Crippen LogP contribution in [0.1, 0.15) is 93.3 Å². The number of rotatable bonds is 2. The van der Waals surface area contributed by atoms with Gasteiger partial charge in [0, 0.05) is 27.7 Å². The van der Waals surface area contributed by atoms with E-state index < -0.39 is 8.60 Å². The monoisotopic (exact) mass is 500 g/mol. The highest BCUT2D eigenvalue weighted by molar-refractivity contribution is 7.43.